The molecule has 0 aliphatic rings. The largest absolute Gasteiger partial charge is 0.397 e. The van der Waals surface area contributed by atoms with E-state index in [0.29, 0.717) is 11.8 Å². The summed E-state index contributed by atoms with van der Waals surface area (Å²) in [5.41, 5.74) is 6.63. The lowest BCUT2D eigenvalue weighted by atomic mass is 10.2. The van der Waals surface area contributed by atoms with Crippen molar-refractivity contribution in [2.75, 3.05) is 12.3 Å². The first kappa shape index (κ1) is 12.7. The van der Waals surface area contributed by atoms with Gasteiger partial charge in [-0.15, -0.1) is 0 Å². The minimum atomic E-state index is -3.62. The minimum absolute atomic E-state index is 0.0541. The van der Waals surface area contributed by atoms with Crippen LogP contribution in [-0.2, 0) is 14.8 Å². The van der Waals surface area contributed by atoms with Gasteiger partial charge in [-0.3, -0.25) is 0 Å². The Labute approximate surface area is 94.7 Å². The third kappa shape index (κ3) is 2.80. The molecule has 0 saturated carbocycles. The number of nitrogens with one attached hydrogen (secondary N) is 1. The molecule has 88 valence electrons. The zero-order valence-corrected chi connectivity index (χ0v) is 9.75. The molecule has 3 N–H and O–H groups in total. The van der Waals surface area contributed by atoms with E-state index in [1.807, 2.05) is 0 Å². The van der Waals surface area contributed by atoms with Gasteiger partial charge in [0.2, 0.25) is 10.0 Å². The predicted octanol–water partition coefficient (Wildman–Crippen LogP) is 0.445. The summed E-state index contributed by atoms with van der Waals surface area (Å²) in [6, 6.07) is 4.80. The maximum atomic E-state index is 11.8. The summed E-state index contributed by atoms with van der Waals surface area (Å²) in [6.07, 6.45) is 0.799. The molecule has 0 spiro atoms. The van der Waals surface area contributed by atoms with Gasteiger partial charge >= 0.3 is 0 Å². The highest BCUT2D eigenvalue weighted by Gasteiger charge is 2.17. The lowest BCUT2D eigenvalue weighted by Crippen LogP contribution is -2.26. The van der Waals surface area contributed by atoms with Gasteiger partial charge in [0.25, 0.3) is 0 Å². The molecule has 0 aromatic heterocycles. The molecule has 0 radical (unpaired) electrons. The average Bonchev–Trinajstić information content (AvgIpc) is 2.22. The molecule has 6 heteroatoms. The normalized spacial score (nSPS) is 11.3. The highest BCUT2D eigenvalue weighted by molar-refractivity contribution is 7.89. The maximum Gasteiger partial charge on any atom is 0.242 e. The first-order chi connectivity index (χ1) is 7.49. The summed E-state index contributed by atoms with van der Waals surface area (Å²) in [7, 11) is -3.62. The summed E-state index contributed by atoms with van der Waals surface area (Å²) in [5.74, 6) is 0. The Morgan fingerprint density at radius 2 is 2.12 bits per heavy atom. The van der Waals surface area contributed by atoms with Crippen molar-refractivity contribution in [2.24, 2.45) is 0 Å². The van der Waals surface area contributed by atoms with E-state index in [4.69, 9.17) is 5.73 Å². The van der Waals surface area contributed by atoms with Crippen LogP contribution < -0.4 is 10.5 Å². The predicted molar refractivity (Wildman–Crippen MR) is 61.5 cm³/mol. The van der Waals surface area contributed by atoms with E-state index in [2.05, 4.69) is 4.72 Å². The Hall–Kier alpha value is -1.40. The Morgan fingerprint density at radius 1 is 1.44 bits per heavy atom. The van der Waals surface area contributed by atoms with Gasteiger partial charge in [-0.2, -0.15) is 0 Å². The molecule has 0 unspecified atom stereocenters. The minimum Gasteiger partial charge on any atom is -0.397 e. The van der Waals surface area contributed by atoms with Crippen LogP contribution >= 0.6 is 0 Å². The van der Waals surface area contributed by atoms with Crippen LogP contribution in [0.5, 0.6) is 0 Å². The van der Waals surface area contributed by atoms with Crippen molar-refractivity contribution < 1.29 is 13.2 Å². The Balaban J connectivity index is 2.98. The van der Waals surface area contributed by atoms with Crippen molar-refractivity contribution in [3.05, 3.63) is 23.8 Å². The third-order valence-corrected chi connectivity index (χ3v) is 3.65. The molecular weight excluding hydrogens is 228 g/mol. The van der Waals surface area contributed by atoms with Gasteiger partial charge in [0, 0.05) is 13.0 Å². The molecule has 0 aliphatic heterocycles. The van der Waals surface area contributed by atoms with Crippen LogP contribution in [0.4, 0.5) is 5.69 Å². The summed E-state index contributed by atoms with van der Waals surface area (Å²) >= 11 is 0. The van der Waals surface area contributed by atoms with E-state index >= 15 is 0 Å². The van der Waals surface area contributed by atoms with Crippen LogP contribution in [0.2, 0.25) is 0 Å². The number of hydrogen-bond donors (Lipinski definition) is 2. The van der Waals surface area contributed by atoms with Crippen molar-refractivity contribution in [3.8, 4) is 0 Å². The first-order valence-corrected chi connectivity index (χ1v) is 6.25. The highest BCUT2D eigenvalue weighted by atomic mass is 32.2. The Bertz CT molecular complexity index is 483. The van der Waals surface area contributed by atoms with E-state index in [1.54, 1.807) is 19.1 Å². The van der Waals surface area contributed by atoms with Crippen LogP contribution in [0.15, 0.2) is 23.1 Å². The van der Waals surface area contributed by atoms with E-state index in [-0.39, 0.29) is 23.5 Å². The summed E-state index contributed by atoms with van der Waals surface area (Å²) in [5, 5.41) is 0. The fraction of sp³-hybridized carbons (Fsp3) is 0.300. The van der Waals surface area contributed by atoms with Gasteiger partial charge in [-0.25, -0.2) is 13.1 Å². The molecule has 0 atom stereocenters. The van der Waals surface area contributed by atoms with Gasteiger partial charge in [-0.1, -0.05) is 12.1 Å². The lowest BCUT2D eigenvalue weighted by Gasteiger charge is -2.09. The molecule has 0 heterocycles. The van der Waals surface area contributed by atoms with Gasteiger partial charge < -0.3 is 10.5 Å². The number of aldehydes is 1. The number of anilines is 1. The van der Waals surface area contributed by atoms with Crippen molar-refractivity contribution in [3.63, 3.8) is 0 Å². The van der Waals surface area contributed by atoms with E-state index < -0.39 is 10.0 Å². The second kappa shape index (κ2) is 5.09. The van der Waals surface area contributed by atoms with E-state index in [9.17, 15) is 13.2 Å². The molecule has 0 aliphatic carbocycles. The number of nitrogens with two attached hydrogens (primary N) is 1. The molecule has 5 nitrogen and oxygen atoms in total. The smallest absolute Gasteiger partial charge is 0.242 e. The molecule has 0 amide bonds. The van der Waals surface area contributed by atoms with Crippen molar-refractivity contribution in [1.82, 2.24) is 4.72 Å². The summed E-state index contributed by atoms with van der Waals surface area (Å²) in [6.45, 7) is 1.82. The van der Waals surface area contributed by atoms with Crippen LogP contribution in [0.3, 0.4) is 0 Å². The van der Waals surface area contributed by atoms with Crippen molar-refractivity contribution in [1.29, 1.82) is 0 Å². The van der Waals surface area contributed by atoms with E-state index in [1.165, 1.54) is 6.07 Å². The molecule has 1 rings (SSSR count). The number of sulfonamides is 1. The standard InChI is InChI=1S/C10H14N2O3S/c1-8-4-2-5-9(10(8)11)16(14,15)12-6-3-7-13/h2,4-5,7,12H,3,6,11H2,1H3. The molecule has 0 fully saturated rings. The number of hydrogen-bond acceptors (Lipinski definition) is 4. The Kier molecular flexibility index (Phi) is 4.03. The van der Waals surface area contributed by atoms with Crippen molar-refractivity contribution >= 4 is 22.0 Å². The first-order valence-electron chi connectivity index (χ1n) is 4.77. The monoisotopic (exact) mass is 242 g/mol. The molecule has 0 saturated heterocycles. The zero-order valence-electron chi connectivity index (χ0n) is 8.93. The van der Waals surface area contributed by atoms with Gasteiger partial charge in [0.05, 0.1) is 5.69 Å². The number of nitrogen functional groups attached to an aromatic ring is 1. The Morgan fingerprint density at radius 3 is 2.75 bits per heavy atom. The number of benzene rings is 1. The number of carbonyl (C=O) groups excluding carboxylic acids is 1. The molecule has 16 heavy (non-hydrogen) atoms. The summed E-state index contributed by atoms with van der Waals surface area (Å²) in [4.78, 5) is 10.1. The number of para-hydroxylation sites is 1. The van der Waals surface area contributed by atoms with Crippen molar-refractivity contribution in [2.45, 2.75) is 18.2 Å². The molecule has 1 aromatic rings. The van der Waals surface area contributed by atoms with E-state index in [0.717, 1.165) is 0 Å². The fourth-order valence-corrected chi connectivity index (χ4v) is 2.47. The van der Waals surface area contributed by atoms with Gasteiger partial charge in [0.15, 0.2) is 0 Å². The lowest BCUT2D eigenvalue weighted by molar-refractivity contribution is -0.107. The highest BCUT2D eigenvalue weighted by Crippen LogP contribution is 2.21. The van der Waals surface area contributed by atoms with Gasteiger partial charge in [-0.05, 0) is 18.6 Å². The molecular formula is C10H14N2O3S. The van der Waals surface area contributed by atoms with Crippen LogP contribution in [0, 0.1) is 6.92 Å². The fourth-order valence-electron chi connectivity index (χ4n) is 1.22. The number of aryl methyl sites for hydroxylation is 1. The number of carbonyl (C=O) groups is 1. The quantitative estimate of drug-likeness (QED) is 0.445. The SMILES string of the molecule is Cc1cccc(S(=O)(=O)NCCC=O)c1N. The molecule has 1 aromatic carbocycles. The number of rotatable bonds is 5. The van der Waals surface area contributed by atoms with Crippen LogP contribution in [-0.4, -0.2) is 21.2 Å². The second-order valence-electron chi connectivity index (χ2n) is 3.34. The van der Waals surface area contributed by atoms with Gasteiger partial charge in [0.1, 0.15) is 11.2 Å². The molecule has 0 bridgehead atoms. The average molecular weight is 242 g/mol. The zero-order chi connectivity index (χ0) is 12.2. The second-order valence-corrected chi connectivity index (χ2v) is 5.08. The summed E-state index contributed by atoms with van der Waals surface area (Å²) < 4.78 is 25.9. The van der Waals surface area contributed by atoms with Crippen LogP contribution in [0.25, 0.3) is 0 Å². The maximum absolute atomic E-state index is 11.8. The topological polar surface area (TPSA) is 89.3 Å². The van der Waals surface area contributed by atoms with Crippen LogP contribution in [0.1, 0.15) is 12.0 Å². The third-order valence-electron chi connectivity index (χ3n) is 2.13.